The van der Waals surface area contributed by atoms with Crippen molar-refractivity contribution in [2.75, 3.05) is 13.1 Å². The molecule has 86 valence electrons. The summed E-state index contributed by atoms with van der Waals surface area (Å²) in [6.07, 6.45) is 4.69. The summed E-state index contributed by atoms with van der Waals surface area (Å²) >= 11 is 0. The molecule has 4 nitrogen and oxygen atoms in total. The summed E-state index contributed by atoms with van der Waals surface area (Å²) in [5, 5.41) is 0. The van der Waals surface area contributed by atoms with Gasteiger partial charge in [-0.3, -0.25) is 4.79 Å². The smallest absolute Gasteiger partial charge is 0.257 e. The van der Waals surface area contributed by atoms with Crippen molar-refractivity contribution >= 4 is 5.91 Å². The highest BCUT2D eigenvalue weighted by Gasteiger charge is 2.42. The van der Waals surface area contributed by atoms with Gasteiger partial charge in [0.2, 0.25) is 0 Å². The average Bonchev–Trinajstić information content (AvgIpc) is 2.89. The first-order chi connectivity index (χ1) is 7.74. The van der Waals surface area contributed by atoms with Gasteiger partial charge in [0.1, 0.15) is 6.26 Å². The number of ether oxygens (including phenoxy) is 1. The molecule has 3 heterocycles. The predicted octanol–water partition coefficient (Wildman–Crippen LogP) is 1.53. The molecule has 0 unspecified atom stereocenters. The quantitative estimate of drug-likeness (QED) is 0.722. The molecule has 0 radical (unpaired) electrons. The van der Waals surface area contributed by atoms with Gasteiger partial charge in [0.05, 0.1) is 24.0 Å². The third-order valence-electron chi connectivity index (χ3n) is 3.48. The van der Waals surface area contributed by atoms with Crippen LogP contribution >= 0.6 is 0 Å². The van der Waals surface area contributed by atoms with Crippen LogP contribution in [0.2, 0.25) is 0 Å². The van der Waals surface area contributed by atoms with Crippen LogP contribution in [0.1, 0.15) is 23.7 Å². The maximum absolute atomic E-state index is 12.0. The fraction of sp³-hybridized carbons (Fsp3) is 0.583. The Hall–Kier alpha value is -1.29. The van der Waals surface area contributed by atoms with Crippen LogP contribution in [0.4, 0.5) is 0 Å². The van der Waals surface area contributed by atoms with Crippen LogP contribution in [-0.2, 0) is 4.74 Å². The van der Waals surface area contributed by atoms with Crippen LogP contribution in [0.15, 0.2) is 23.0 Å². The number of carbonyl (C=O) groups is 1. The monoisotopic (exact) mass is 221 g/mol. The van der Waals surface area contributed by atoms with E-state index in [1.807, 2.05) is 4.90 Å². The highest BCUT2D eigenvalue weighted by molar-refractivity contribution is 5.94. The summed E-state index contributed by atoms with van der Waals surface area (Å²) in [4.78, 5) is 13.9. The molecule has 3 atom stereocenters. The lowest BCUT2D eigenvalue weighted by Crippen LogP contribution is -2.30. The summed E-state index contributed by atoms with van der Waals surface area (Å²) < 4.78 is 10.7. The molecule has 0 bridgehead atoms. The minimum absolute atomic E-state index is 0.0550. The molecule has 0 saturated carbocycles. The SMILES string of the molecule is C[C@@H]1C[C@H]2CN(C(=O)c3ccoc3)C[C@H]2O1. The number of likely N-dealkylation sites (tertiary alicyclic amines) is 1. The van der Waals surface area contributed by atoms with E-state index in [0.29, 0.717) is 17.6 Å². The van der Waals surface area contributed by atoms with E-state index < -0.39 is 0 Å². The molecule has 0 aliphatic carbocycles. The molecule has 2 saturated heterocycles. The molecule has 1 aromatic heterocycles. The van der Waals surface area contributed by atoms with Crippen molar-refractivity contribution in [3.05, 3.63) is 24.2 Å². The van der Waals surface area contributed by atoms with Crippen molar-refractivity contribution in [2.24, 2.45) is 5.92 Å². The minimum Gasteiger partial charge on any atom is -0.472 e. The molecule has 2 fully saturated rings. The Balaban J connectivity index is 1.69. The normalized spacial score (nSPS) is 33.1. The molecule has 0 N–H and O–H groups in total. The lowest BCUT2D eigenvalue weighted by molar-refractivity contribution is 0.0443. The first-order valence-corrected chi connectivity index (χ1v) is 5.71. The first kappa shape index (κ1) is 9.90. The van der Waals surface area contributed by atoms with Gasteiger partial charge < -0.3 is 14.1 Å². The maximum atomic E-state index is 12.0. The predicted molar refractivity (Wildman–Crippen MR) is 57.1 cm³/mol. The van der Waals surface area contributed by atoms with E-state index in [1.54, 1.807) is 6.07 Å². The number of furan rings is 1. The van der Waals surface area contributed by atoms with Crippen LogP contribution in [0.25, 0.3) is 0 Å². The molecule has 3 rings (SSSR count). The second-order valence-corrected chi connectivity index (χ2v) is 4.70. The zero-order valence-electron chi connectivity index (χ0n) is 9.26. The van der Waals surface area contributed by atoms with Gasteiger partial charge in [0, 0.05) is 19.0 Å². The number of fused-ring (bicyclic) bond motifs is 1. The largest absolute Gasteiger partial charge is 0.472 e. The van der Waals surface area contributed by atoms with Crippen molar-refractivity contribution in [3.63, 3.8) is 0 Å². The lowest BCUT2D eigenvalue weighted by atomic mass is 10.0. The molecule has 0 aromatic carbocycles. The second kappa shape index (κ2) is 3.63. The third kappa shape index (κ3) is 1.53. The minimum atomic E-state index is 0.0550. The number of carbonyl (C=O) groups excluding carboxylic acids is 1. The fourth-order valence-corrected chi connectivity index (χ4v) is 2.74. The Labute approximate surface area is 94.2 Å². The Kier molecular flexibility index (Phi) is 2.24. The molecule has 2 aliphatic heterocycles. The topological polar surface area (TPSA) is 42.7 Å². The molecule has 1 amide bonds. The summed E-state index contributed by atoms with van der Waals surface area (Å²) in [5.74, 6) is 0.574. The standard InChI is InChI=1S/C12H15NO3/c1-8-4-10-5-13(6-11(10)16-8)12(14)9-2-3-15-7-9/h2-3,7-8,10-11H,4-6H2,1H3/t8-,10+,11-/m1/s1. The molecule has 2 aliphatic rings. The fourth-order valence-electron chi connectivity index (χ4n) is 2.74. The van der Waals surface area contributed by atoms with E-state index in [2.05, 4.69) is 6.92 Å². The number of amides is 1. The molecular weight excluding hydrogens is 206 g/mol. The van der Waals surface area contributed by atoms with Crippen LogP contribution in [0.5, 0.6) is 0 Å². The molecule has 4 heteroatoms. The number of nitrogens with zero attached hydrogens (tertiary/aromatic N) is 1. The summed E-state index contributed by atoms with van der Waals surface area (Å²) in [6.45, 7) is 3.64. The number of hydrogen-bond acceptors (Lipinski definition) is 3. The first-order valence-electron chi connectivity index (χ1n) is 5.71. The summed E-state index contributed by atoms with van der Waals surface area (Å²) in [7, 11) is 0. The van der Waals surface area contributed by atoms with Crippen LogP contribution in [0, 0.1) is 5.92 Å². The van der Waals surface area contributed by atoms with Crippen LogP contribution in [-0.4, -0.2) is 36.1 Å². The van der Waals surface area contributed by atoms with Gasteiger partial charge >= 0.3 is 0 Å². The zero-order chi connectivity index (χ0) is 11.1. The highest BCUT2D eigenvalue weighted by atomic mass is 16.5. The van der Waals surface area contributed by atoms with Gasteiger partial charge in [-0.2, -0.15) is 0 Å². The Bertz CT molecular complexity index is 373. The van der Waals surface area contributed by atoms with E-state index in [0.717, 1.165) is 19.5 Å². The van der Waals surface area contributed by atoms with Crippen molar-refractivity contribution < 1.29 is 13.9 Å². The summed E-state index contributed by atoms with van der Waals surface area (Å²) in [6, 6.07) is 1.71. The van der Waals surface area contributed by atoms with Gasteiger partial charge in [0.25, 0.3) is 5.91 Å². The lowest BCUT2D eigenvalue weighted by Gasteiger charge is -2.17. The van der Waals surface area contributed by atoms with E-state index in [1.165, 1.54) is 12.5 Å². The molecular formula is C12H15NO3. The second-order valence-electron chi connectivity index (χ2n) is 4.70. The third-order valence-corrected chi connectivity index (χ3v) is 3.48. The van der Waals surface area contributed by atoms with Gasteiger partial charge in [-0.1, -0.05) is 0 Å². The zero-order valence-corrected chi connectivity index (χ0v) is 9.26. The Morgan fingerprint density at radius 3 is 3.06 bits per heavy atom. The van der Waals surface area contributed by atoms with Gasteiger partial charge in [-0.15, -0.1) is 0 Å². The van der Waals surface area contributed by atoms with Crippen LogP contribution in [0.3, 0.4) is 0 Å². The van der Waals surface area contributed by atoms with Crippen molar-refractivity contribution in [3.8, 4) is 0 Å². The summed E-state index contributed by atoms with van der Waals surface area (Å²) in [5.41, 5.74) is 0.632. The van der Waals surface area contributed by atoms with Gasteiger partial charge in [0.15, 0.2) is 0 Å². The van der Waals surface area contributed by atoms with Crippen molar-refractivity contribution in [1.29, 1.82) is 0 Å². The van der Waals surface area contributed by atoms with Crippen molar-refractivity contribution in [1.82, 2.24) is 4.90 Å². The van der Waals surface area contributed by atoms with E-state index in [4.69, 9.17) is 9.15 Å². The van der Waals surface area contributed by atoms with Gasteiger partial charge in [-0.25, -0.2) is 0 Å². The molecule has 1 aromatic rings. The van der Waals surface area contributed by atoms with E-state index in [-0.39, 0.29) is 12.0 Å². The van der Waals surface area contributed by atoms with E-state index in [9.17, 15) is 4.79 Å². The molecule has 0 spiro atoms. The number of hydrogen-bond donors (Lipinski definition) is 0. The van der Waals surface area contributed by atoms with Crippen LogP contribution < -0.4 is 0 Å². The van der Waals surface area contributed by atoms with E-state index >= 15 is 0 Å². The molecule has 16 heavy (non-hydrogen) atoms. The highest BCUT2D eigenvalue weighted by Crippen LogP contribution is 2.33. The maximum Gasteiger partial charge on any atom is 0.257 e. The number of rotatable bonds is 1. The average molecular weight is 221 g/mol. The Morgan fingerprint density at radius 1 is 1.50 bits per heavy atom. The van der Waals surface area contributed by atoms with Gasteiger partial charge in [-0.05, 0) is 19.4 Å². The Morgan fingerprint density at radius 2 is 2.38 bits per heavy atom. The van der Waals surface area contributed by atoms with Crippen molar-refractivity contribution in [2.45, 2.75) is 25.6 Å².